The molecule has 1 saturated heterocycles. The van der Waals surface area contributed by atoms with E-state index in [-0.39, 0.29) is 11.9 Å². The van der Waals surface area contributed by atoms with E-state index < -0.39 is 23.0 Å². The number of esters is 1. The van der Waals surface area contributed by atoms with Crippen molar-refractivity contribution < 1.29 is 23.9 Å². The van der Waals surface area contributed by atoms with Crippen molar-refractivity contribution in [1.29, 1.82) is 0 Å². The Morgan fingerprint density at radius 3 is 2.53 bits per heavy atom. The average Bonchev–Trinajstić information content (AvgIpc) is 2.92. The SMILES string of the molecule is COC(=O)C1CC12CCN(C(=O)OC(C)(C)C)C2=O. The van der Waals surface area contributed by atoms with Gasteiger partial charge < -0.3 is 9.47 Å². The van der Waals surface area contributed by atoms with Gasteiger partial charge in [-0.2, -0.15) is 0 Å². The van der Waals surface area contributed by atoms with E-state index in [1.807, 2.05) is 0 Å². The molecule has 6 nitrogen and oxygen atoms in total. The summed E-state index contributed by atoms with van der Waals surface area (Å²) in [6.07, 6.45) is 0.340. The smallest absolute Gasteiger partial charge is 0.417 e. The van der Waals surface area contributed by atoms with Crippen molar-refractivity contribution in [3.63, 3.8) is 0 Å². The van der Waals surface area contributed by atoms with Crippen LogP contribution in [0.2, 0.25) is 0 Å². The van der Waals surface area contributed by atoms with Crippen LogP contribution in [0.3, 0.4) is 0 Å². The van der Waals surface area contributed by atoms with Crippen molar-refractivity contribution in [2.24, 2.45) is 11.3 Å². The van der Waals surface area contributed by atoms with E-state index in [0.29, 0.717) is 19.4 Å². The number of carbonyl (C=O) groups is 3. The zero-order valence-corrected chi connectivity index (χ0v) is 11.7. The van der Waals surface area contributed by atoms with Gasteiger partial charge in [0.2, 0.25) is 5.91 Å². The Kier molecular flexibility index (Phi) is 3.07. The highest BCUT2D eigenvalue weighted by molar-refractivity contribution is 6.02. The molecule has 0 N–H and O–H groups in total. The summed E-state index contributed by atoms with van der Waals surface area (Å²) < 4.78 is 9.84. The van der Waals surface area contributed by atoms with Crippen LogP contribution >= 0.6 is 0 Å². The van der Waals surface area contributed by atoms with E-state index in [1.54, 1.807) is 20.8 Å². The molecule has 2 rings (SSSR count). The molecule has 1 heterocycles. The van der Waals surface area contributed by atoms with Crippen molar-refractivity contribution >= 4 is 18.0 Å². The first kappa shape index (κ1) is 13.8. The molecule has 1 spiro atoms. The van der Waals surface area contributed by atoms with Crippen LogP contribution < -0.4 is 0 Å². The van der Waals surface area contributed by atoms with Gasteiger partial charge in [0.05, 0.1) is 18.4 Å². The summed E-state index contributed by atoms with van der Waals surface area (Å²) in [5, 5.41) is 0. The van der Waals surface area contributed by atoms with Gasteiger partial charge in [-0.3, -0.25) is 9.59 Å². The second-order valence-electron chi connectivity index (χ2n) is 6.12. The maximum absolute atomic E-state index is 12.3. The van der Waals surface area contributed by atoms with E-state index in [0.717, 1.165) is 4.90 Å². The molecule has 0 aromatic carbocycles. The molecule has 0 aromatic rings. The minimum absolute atomic E-state index is 0.307. The quantitative estimate of drug-likeness (QED) is 0.671. The van der Waals surface area contributed by atoms with E-state index in [9.17, 15) is 14.4 Å². The third-order valence-electron chi connectivity index (χ3n) is 3.63. The molecule has 2 unspecified atom stereocenters. The number of hydrogen-bond donors (Lipinski definition) is 0. The van der Waals surface area contributed by atoms with Crippen molar-refractivity contribution in [2.75, 3.05) is 13.7 Å². The van der Waals surface area contributed by atoms with Crippen LogP contribution in [0.25, 0.3) is 0 Å². The van der Waals surface area contributed by atoms with Crippen LogP contribution in [0.15, 0.2) is 0 Å². The molecule has 19 heavy (non-hydrogen) atoms. The summed E-state index contributed by atoms with van der Waals surface area (Å²) in [7, 11) is 1.30. The van der Waals surface area contributed by atoms with Crippen LogP contribution in [-0.4, -0.2) is 42.1 Å². The molecule has 0 radical (unpaired) electrons. The predicted octanol–water partition coefficient (Wildman–Crippen LogP) is 1.33. The highest BCUT2D eigenvalue weighted by Gasteiger charge is 2.68. The largest absolute Gasteiger partial charge is 0.469 e. The second kappa shape index (κ2) is 4.21. The Labute approximate surface area is 112 Å². The minimum atomic E-state index is -0.718. The maximum atomic E-state index is 12.3. The fourth-order valence-corrected chi connectivity index (χ4v) is 2.55. The normalized spacial score (nSPS) is 29.6. The van der Waals surface area contributed by atoms with Crippen molar-refractivity contribution in [1.82, 2.24) is 4.90 Å². The molecule has 0 aromatic heterocycles. The first-order chi connectivity index (χ1) is 8.71. The lowest BCUT2D eigenvalue weighted by atomic mass is 10.0. The molecule has 6 heteroatoms. The molecule has 2 amide bonds. The molecule has 2 aliphatic rings. The number of hydrogen-bond acceptors (Lipinski definition) is 5. The van der Waals surface area contributed by atoms with Gasteiger partial charge in [-0.25, -0.2) is 9.69 Å². The third kappa shape index (κ3) is 2.31. The van der Waals surface area contributed by atoms with E-state index in [1.165, 1.54) is 7.11 Å². The molecule has 2 atom stereocenters. The van der Waals surface area contributed by atoms with Crippen LogP contribution in [-0.2, 0) is 19.1 Å². The summed E-state index contributed by atoms with van der Waals surface area (Å²) in [6.45, 7) is 5.54. The number of nitrogens with zero attached hydrogens (tertiary/aromatic N) is 1. The van der Waals surface area contributed by atoms with Gasteiger partial charge in [-0.15, -0.1) is 0 Å². The van der Waals surface area contributed by atoms with Gasteiger partial charge in [-0.05, 0) is 33.6 Å². The molecule has 1 aliphatic carbocycles. The minimum Gasteiger partial charge on any atom is -0.469 e. The lowest BCUT2D eigenvalue weighted by Gasteiger charge is -2.23. The molecule has 1 saturated carbocycles. The molecule has 2 fully saturated rings. The molecular formula is C13H19NO5. The summed E-state index contributed by atoms with van der Waals surface area (Å²) in [5.74, 6) is -1.09. The van der Waals surface area contributed by atoms with Gasteiger partial charge in [0.15, 0.2) is 0 Å². The first-order valence-corrected chi connectivity index (χ1v) is 6.34. The van der Waals surface area contributed by atoms with Gasteiger partial charge in [0.25, 0.3) is 0 Å². The topological polar surface area (TPSA) is 72.9 Å². The van der Waals surface area contributed by atoms with Crippen molar-refractivity contribution in [3.8, 4) is 0 Å². The Bertz CT molecular complexity index is 439. The lowest BCUT2D eigenvalue weighted by Crippen LogP contribution is -2.39. The van der Waals surface area contributed by atoms with Gasteiger partial charge in [0.1, 0.15) is 5.60 Å². The fourth-order valence-electron chi connectivity index (χ4n) is 2.55. The second-order valence-corrected chi connectivity index (χ2v) is 6.12. The molecule has 106 valence electrons. The monoisotopic (exact) mass is 269 g/mol. The highest BCUT2D eigenvalue weighted by Crippen LogP contribution is 2.59. The lowest BCUT2D eigenvalue weighted by molar-refractivity contribution is -0.145. The van der Waals surface area contributed by atoms with Gasteiger partial charge in [0, 0.05) is 6.54 Å². The average molecular weight is 269 g/mol. The molecule has 0 bridgehead atoms. The maximum Gasteiger partial charge on any atom is 0.417 e. The number of carbonyl (C=O) groups excluding carboxylic acids is 3. The predicted molar refractivity (Wildman–Crippen MR) is 65.1 cm³/mol. The van der Waals surface area contributed by atoms with E-state index >= 15 is 0 Å². The standard InChI is InChI=1S/C13H19NO5/c1-12(2,3)19-11(17)14-6-5-13(10(14)16)7-8(13)9(15)18-4/h8H,5-7H2,1-4H3. The number of imide groups is 1. The van der Waals surface area contributed by atoms with Crippen molar-refractivity contribution in [2.45, 2.75) is 39.2 Å². The Balaban J connectivity index is 2.04. The number of amides is 2. The number of rotatable bonds is 1. The van der Waals surface area contributed by atoms with Gasteiger partial charge in [-0.1, -0.05) is 0 Å². The zero-order valence-electron chi connectivity index (χ0n) is 11.7. The number of ether oxygens (including phenoxy) is 2. The van der Waals surface area contributed by atoms with Gasteiger partial charge >= 0.3 is 12.1 Å². The Hall–Kier alpha value is -1.59. The van der Waals surface area contributed by atoms with Crippen molar-refractivity contribution in [3.05, 3.63) is 0 Å². The van der Waals surface area contributed by atoms with E-state index in [4.69, 9.17) is 4.74 Å². The Morgan fingerprint density at radius 2 is 2.00 bits per heavy atom. The summed E-state index contributed by atoms with van der Waals surface area (Å²) in [5.41, 5.74) is -1.36. The number of likely N-dealkylation sites (tertiary alicyclic amines) is 1. The Morgan fingerprint density at radius 1 is 1.37 bits per heavy atom. The van der Waals surface area contributed by atoms with Crippen LogP contribution in [0.4, 0.5) is 4.79 Å². The van der Waals surface area contributed by atoms with Crippen LogP contribution in [0.5, 0.6) is 0 Å². The first-order valence-electron chi connectivity index (χ1n) is 6.34. The van der Waals surface area contributed by atoms with Crippen LogP contribution in [0, 0.1) is 11.3 Å². The van der Waals surface area contributed by atoms with Crippen LogP contribution in [0.1, 0.15) is 33.6 Å². The summed E-state index contributed by atoms with van der Waals surface area (Å²) in [6, 6.07) is 0. The summed E-state index contributed by atoms with van der Waals surface area (Å²) >= 11 is 0. The number of methoxy groups -OCH3 is 1. The molecular weight excluding hydrogens is 250 g/mol. The fraction of sp³-hybridized carbons (Fsp3) is 0.769. The highest BCUT2D eigenvalue weighted by atomic mass is 16.6. The summed E-state index contributed by atoms with van der Waals surface area (Å²) in [4.78, 5) is 36.7. The zero-order chi connectivity index (χ0) is 14.4. The molecule has 1 aliphatic heterocycles. The third-order valence-corrected chi connectivity index (χ3v) is 3.63. The van der Waals surface area contributed by atoms with E-state index in [2.05, 4.69) is 4.74 Å².